The fourth-order valence-electron chi connectivity index (χ4n) is 1.39. The zero-order valence-electron chi connectivity index (χ0n) is 9.08. The van der Waals surface area contributed by atoms with E-state index in [0.29, 0.717) is 10.6 Å². The second kappa shape index (κ2) is 5.28. The Bertz CT molecular complexity index is 537. The summed E-state index contributed by atoms with van der Waals surface area (Å²) in [6.07, 6.45) is 1.28. The number of thiol groups is 1. The number of thiocarbonyl (C=S) groups is 1. The number of carbonyl (C=O) groups is 2. The third kappa shape index (κ3) is 2.74. The molecule has 0 aliphatic carbocycles. The van der Waals surface area contributed by atoms with E-state index in [4.69, 9.17) is 12.2 Å². The van der Waals surface area contributed by atoms with Crippen molar-refractivity contribution in [1.82, 2.24) is 10.6 Å². The van der Waals surface area contributed by atoms with Crippen molar-refractivity contribution in [2.45, 2.75) is 4.90 Å². The Morgan fingerprint density at radius 1 is 1.22 bits per heavy atom. The monoisotopic (exact) mass is 279 g/mol. The Balaban J connectivity index is 2.19. The van der Waals surface area contributed by atoms with Crippen LogP contribution in [-0.2, 0) is 9.59 Å². The van der Waals surface area contributed by atoms with Gasteiger partial charge >= 0.3 is 0 Å². The van der Waals surface area contributed by atoms with Crippen LogP contribution in [0.25, 0.3) is 0 Å². The fourth-order valence-corrected chi connectivity index (χ4v) is 1.81. The molecule has 1 aromatic carbocycles. The van der Waals surface area contributed by atoms with Gasteiger partial charge in [0.2, 0.25) is 11.8 Å². The van der Waals surface area contributed by atoms with Crippen LogP contribution < -0.4 is 10.6 Å². The summed E-state index contributed by atoms with van der Waals surface area (Å²) in [4.78, 5) is 27.9. The van der Waals surface area contributed by atoms with Gasteiger partial charge in [-0.2, -0.15) is 0 Å². The average molecular weight is 279 g/mol. The molecular weight excluding hydrogens is 270 g/mol. The van der Waals surface area contributed by atoms with Crippen molar-refractivity contribution in [3.05, 3.63) is 24.3 Å². The summed E-state index contributed by atoms with van der Waals surface area (Å²) >= 11 is 8.91. The minimum atomic E-state index is -0.982. The molecule has 1 aliphatic heterocycles. The summed E-state index contributed by atoms with van der Waals surface area (Å²) < 4.78 is 0. The topological polar surface area (TPSA) is 70.6 Å². The Labute approximate surface area is 114 Å². The number of rotatable bonds is 2. The molecule has 5 nitrogen and oxygen atoms in total. The van der Waals surface area contributed by atoms with Crippen LogP contribution in [0.4, 0.5) is 5.69 Å². The van der Waals surface area contributed by atoms with Gasteiger partial charge in [-0.15, -0.1) is 12.6 Å². The van der Waals surface area contributed by atoms with Gasteiger partial charge in [0, 0.05) is 11.1 Å². The normalized spacial score (nSPS) is 16.8. The molecule has 0 saturated carbocycles. The van der Waals surface area contributed by atoms with Crippen LogP contribution in [0.3, 0.4) is 0 Å². The minimum Gasteiger partial charge on any atom is -0.302 e. The van der Waals surface area contributed by atoms with Crippen LogP contribution >= 0.6 is 24.8 Å². The Kier molecular flexibility index (Phi) is 3.73. The number of para-hydroxylation sites is 1. The van der Waals surface area contributed by atoms with Crippen molar-refractivity contribution < 1.29 is 9.59 Å². The molecule has 7 heteroatoms. The third-order valence-electron chi connectivity index (χ3n) is 2.28. The predicted octanol–water partition coefficient (Wildman–Crippen LogP) is 0.825. The van der Waals surface area contributed by atoms with E-state index >= 15 is 0 Å². The maximum atomic E-state index is 11.6. The molecule has 0 unspecified atom stereocenters. The molecule has 1 aromatic rings. The minimum absolute atomic E-state index is 0.0178. The van der Waals surface area contributed by atoms with Gasteiger partial charge in [-0.25, -0.2) is 0 Å². The molecule has 2 N–H and O–H groups in total. The SMILES string of the molecule is O=C1NC(=S)NC(=O)C1C=Nc1ccccc1S. The van der Waals surface area contributed by atoms with Gasteiger partial charge in [0.1, 0.15) is 0 Å². The zero-order valence-corrected chi connectivity index (χ0v) is 10.8. The maximum absolute atomic E-state index is 11.6. The first-order chi connectivity index (χ1) is 8.58. The summed E-state index contributed by atoms with van der Waals surface area (Å²) in [6.45, 7) is 0. The lowest BCUT2D eigenvalue weighted by Gasteiger charge is -2.19. The fraction of sp³-hybridized carbons (Fsp3) is 0.0909. The van der Waals surface area contributed by atoms with Crippen molar-refractivity contribution in [2.24, 2.45) is 10.9 Å². The molecule has 2 amide bonds. The summed E-state index contributed by atoms with van der Waals surface area (Å²) in [7, 11) is 0. The Hall–Kier alpha value is -1.73. The van der Waals surface area contributed by atoms with Crippen LogP contribution in [0.15, 0.2) is 34.2 Å². The number of nitrogens with one attached hydrogen (secondary N) is 2. The molecule has 18 heavy (non-hydrogen) atoms. The first-order valence-electron chi connectivity index (χ1n) is 5.06. The Morgan fingerprint density at radius 3 is 2.44 bits per heavy atom. The first-order valence-corrected chi connectivity index (χ1v) is 5.91. The van der Waals surface area contributed by atoms with Gasteiger partial charge in [0.25, 0.3) is 0 Å². The van der Waals surface area contributed by atoms with E-state index in [2.05, 4.69) is 28.3 Å². The number of amides is 2. The summed E-state index contributed by atoms with van der Waals surface area (Å²) in [5.74, 6) is -1.95. The number of hydrogen-bond donors (Lipinski definition) is 3. The quantitative estimate of drug-likeness (QED) is 0.325. The molecule has 0 bridgehead atoms. The van der Waals surface area contributed by atoms with Crippen LogP contribution in [-0.4, -0.2) is 23.1 Å². The van der Waals surface area contributed by atoms with Crippen LogP contribution in [0, 0.1) is 5.92 Å². The predicted molar refractivity (Wildman–Crippen MR) is 74.2 cm³/mol. The number of hydrogen-bond acceptors (Lipinski definition) is 5. The third-order valence-corrected chi connectivity index (χ3v) is 2.87. The van der Waals surface area contributed by atoms with E-state index in [-0.39, 0.29) is 5.11 Å². The number of aliphatic imine (C=N–C) groups is 1. The molecule has 1 aliphatic rings. The molecule has 92 valence electrons. The van der Waals surface area contributed by atoms with Gasteiger partial charge in [0.05, 0.1) is 5.69 Å². The highest BCUT2D eigenvalue weighted by atomic mass is 32.1. The van der Waals surface area contributed by atoms with E-state index in [1.165, 1.54) is 6.21 Å². The Morgan fingerprint density at radius 2 is 1.83 bits per heavy atom. The molecule has 0 spiro atoms. The van der Waals surface area contributed by atoms with Crippen LogP contribution in [0.5, 0.6) is 0 Å². The van der Waals surface area contributed by atoms with E-state index in [1.54, 1.807) is 18.2 Å². The number of benzene rings is 1. The standard InChI is InChI=1S/C11H9N3O2S2/c15-9-6(10(16)14-11(18)13-9)5-12-7-3-1-2-4-8(7)17/h1-6,17H,(H2,13,14,15,16,18). The molecule has 1 saturated heterocycles. The van der Waals surface area contributed by atoms with Crippen LogP contribution in [0.2, 0.25) is 0 Å². The van der Waals surface area contributed by atoms with Gasteiger partial charge < -0.3 is 10.6 Å². The van der Waals surface area contributed by atoms with Crippen molar-refractivity contribution in [2.75, 3.05) is 0 Å². The second-order valence-corrected chi connectivity index (χ2v) is 4.44. The van der Waals surface area contributed by atoms with Gasteiger partial charge in [-0.05, 0) is 24.4 Å². The maximum Gasteiger partial charge on any atom is 0.244 e. The molecule has 1 fully saturated rings. The molecule has 0 aromatic heterocycles. The molecule has 2 rings (SSSR count). The summed E-state index contributed by atoms with van der Waals surface area (Å²) in [5, 5.41) is 4.74. The van der Waals surface area contributed by atoms with Crippen molar-refractivity contribution in [3.63, 3.8) is 0 Å². The molecule has 1 heterocycles. The highest BCUT2D eigenvalue weighted by Gasteiger charge is 2.30. The smallest absolute Gasteiger partial charge is 0.244 e. The lowest BCUT2D eigenvalue weighted by molar-refractivity contribution is -0.131. The largest absolute Gasteiger partial charge is 0.302 e. The second-order valence-electron chi connectivity index (χ2n) is 3.55. The first kappa shape index (κ1) is 12.7. The molecule has 0 atom stereocenters. The summed E-state index contributed by atoms with van der Waals surface area (Å²) in [5.41, 5.74) is 0.592. The highest BCUT2D eigenvalue weighted by molar-refractivity contribution is 7.80. The van der Waals surface area contributed by atoms with Gasteiger partial charge in [-0.1, -0.05) is 12.1 Å². The zero-order chi connectivity index (χ0) is 13.1. The highest BCUT2D eigenvalue weighted by Crippen LogP contribution is 2.21. The molecule has 0 radical (unpaired) electrons. The lowest BCUT2D eigenvalue weighted by atomic mass is 10.1. The average Bonchev–Trinajstić information content (AvgIpc) is 2.30. The van der Waals surface area contributed by atoms with Gasteiger partial charge in [-0.3, -0.25) is 14.6 Å². The van der Waals surface area contributed by atoms with E-state index in [0.717, 1.165) is 0 Å². The lowest BCUT2D eigenvalue weighted by Crippen LogP contribution is -2.56. The van der Waals surface area contributed by atoms with Crippen LogP contribution in [0.1, 0.15) is 0 Å². The summed E-state index contributed by atoms with van der Waals surface area (Å²) in [6, 6.07) is 7.12. The van der Waals surface area contributed by atoms with Gasteiger partial charge in [0.15, 0.2) is 11.0 Å². The van der Waals surface area contributed by atoms with Crippen molar-refractivity contribution >= 4 is 53.7 Å². The number of nitrogens with zero attached hydrogens (tertiary/aromatic N) is 1. The van der Waals surface area contributed by atoms with Crippen molar-refractivity contribution in [1.29, 1.82) is 0 Å². The van der Waals surface area contributed by atoms with E-state index in [9.17, 15) is 9.59 Å². The number of carbonyl (C=O) groups excluding carboxylic acids is 2. The van der Waals surface area contributed by atoms with E-state index < -0.39 is 17.7 Å². The molecular formula is C11H9N3O2S2. The van der Waals surface area contributed by atoms with E-state index in [1.807, 2.05) is 6.07 Å². The van der Waals surface area contributed by atoms with Crippen molar-refractivity contribution in [3.8, 4) is 0 Å².